The number of benzene rings is 2. The van der Waals surface area contributed by atoms with E-state index in [9.17, 15) is 9.59 Å². The Hall–Kier alpha value is -3.35. The van der Waals surface area contributed by atoms with E-state index in [2.05, 4.69) is 15.8 Å². The predicted molar refractivity (Wildman–Crippen MR) is 103 cm³/mol. The molecular weight excluding hydrogens is 346 g/mol. The third-order valence-corrected chi connectivity index (χ3v) is 3.52. The molecule has 7 heteroatoms. The zero-order chi connectivity index (χ0) is 19.5. The molecule has 0 aliphatic carbocycles. The number of hydrazone groups is 1. The van der Waals surface area contributed by atoms with Gasteiger partial charge in [-0.05, 0) is 48.4 Å². The molecular formula is C20H23N3O4. The van der Waals surface area contributed by atoms with Crippen LogP contribution >= 0.6 is 0 Å². The lowest BCUT2D eigenvalue weighted by atomic mass is 10.2. The van der Waals surface area contributed by atoms with Crippen molar-refractivity contribution in [3.63, 3.8) is 0 Å². The van der Waals surface area contributed by atoms with E-state index in [0.29, 0.717) is 17.9 Å². The molecule has 0 saturated heterocycles. The second-order valence-electron chi connectivity index (χ2n) is 5.59. The van der Waals surface area contributed by atoms with Gasteiger partial charge in [0.25, 0.3) is 11.8 Å². The molecule has 0 atom stereocenters. The van der Waals surface area contributed by atoms with Crippen LogP contribution in [0.1, 0.15) is 29.3 Å². The summed E-state index contributed by atoms with van der Waals surface area (Å²) in [6.45, 7) is 2.52. The minimum Gasteiger partial charge on any atom is -0.496 e. The molecule has 7 nitrogen and oxygen atoms in total. The normalized spacial score (nSPS) is 10.4. The van der Waals surface area contributed by atoms with Crippen LogP contribution in [0.25, 0.3) is 0 Å². The van der Waals surface area contributed by atoms with Gasteiger partial charge in [0.2, 0.25) is 0 Å². The zero-order valence-electron chi connectivity index (χ0n) is 15.4. The van der Waals surface area contributed by atoms with Crippen LogP contribution in [-0.2, 0) is 4.79 Å². The van der Waals surface area contributed by atoms with Crippen LogP contribution in [0.15, 0.2) is 53.6 Å². The van der Waals surface area contributed by atoms with Crippen molar-refractivity contribution in [3.8, 4) is 11.5 Å². The fraction of sp³-hybridized carbons (Fsp3) is 0.250. The molecule has 0 aliphatic heterocycles. The van der Waals surface area contributed by atoms with Gasteiger partial charge >= 0.3 is 0 Å². The average Bonchev–Trinajstić information content (AvgIpc) is 2.71. The van der Waals surface area contributed by atoms with Crippen molar-refractivity contribution >= 4 is 18.0 Å². The first-order valence-electron chi connectivity index (χ1n) is 8.60. The predicted octanol–water partition coefficient (Wildman–Crippen LogP) is 2.36. The van der Waals surface area contributed by atoms with Crippen LogP contribution in [0.5, 0.6) is 11.5 Å². The van der Waals surface area contributed by atoms with Gasteiger partial charge in [-0.25, -0.2) is 5.43 Å². The number of methoxy groups -OCH3 is 1. The van der Waals surface area contributed by atoms with Gasteiger partial charge in [-0.1, -0.05) is 19.1 Å². The van der Waals surface area contributed by atoms with Gasteiger partial charge in [0.1, 0.15) is 11.5 Å². The highest BCUT2D eigenvalue weighted by Crippen LogP contribution is 2.16. The second-order valence-corrected chi connectivity index (χ2v) is 5.59. The number of carbonyl (C=O) groups excluding carboxylic acids is 2. The number of nitrogens with one attached hydrogen (secondary N) is 2. The van der Waals surface area contributed by atoms with Crippen LogP contribution < -0.4 is 20.2 Å². The first kappa shape index (κ1) is 20.0. The van der Waals surface area contributed by atoms with Crippen molar-refractivity contribution in [2.75, 3.05) is 20.3 Å². The first-order valence-corrected chi connectivity index (χ1v) is 8.60. The van der Waals surface area contributed by atoms with E-state index in [-0.39, 0.29) is 6.54 Å². The Morgan fingerprint density at radius 1 is 1.11 bits per heavy atom. The third kappa shape index (κ3) is 6.47. The van der Waals surface area contributed by atoms with Crippen molar-refractivity contribution in [2.45, 2.75) is 13.3 Å². The minimum atomic E-state index is -0.433. The number of carbonyl (C=O) groups is 2. The molecule has 0 aliphatic rings. The van der Waals surface area contributed by atoms with Gasteiger partial charge in [0.05, 0.1) is 32.0 Å². The Balaban J connectivity index is 1.78. The van der Waals surface area contributed by atoms with Gasteiger partial charge in [0, 0.05) is 0 Å². The zero-order valence-corrected chi connectivity index (χ0v) is 15.4. The molecule has 2 aromatic rings. The van der Waals surface area contributed by atoms with Gasteiger partial charge < -0.3 is 14.8 Å². The highest BCUT2D eigenvalue weighted by Gasteiger charge is 2.12. The monoisotopic (exact) mass is 369 g/mol. The van der Waals surface area contributed by atoms with Crippen LogP contribution in [0, 0.1) is 0 Å². The largest absolute Gasteiger partial charge is 0.496 e. The summed E-state index contributed by atoms with van der Waals surface area (Å²) in [5, 5.41) is 6.40. The Kier molecular flexibility index (Phi) is 7.84. The minimum absolute atomic E-state index is 0.196. The van der Waals surface area contributed by atoms with Crippen molar-refractivity contribution in [1.82, 2.24) is 10.7 Å². The average molecular weight is 369 g/mol. The molecule has 0 spiro atoms. The van der Waals surface area contributed by atoms with Crippen molar-refractivity contribution in [1.29, 1.82) is 0 Å². The van der Waals surface area contributed by atoms with E-state index in [4.69, 9.17) is 9.47 Å². The van der Waals surface area contributed by atoms with Crippen molar-refractivity contribution in [3.05, 3.63) is 59.7 Å². The molecule has 2 amide bonds. The lowest BCUT2D eigenvalue weighted by Crippen LogP contribution is -2.35. The molecule has 0 heterocycles. The summed E-state index contributed by atoms with van der Waals surface area (Å²) in [6, 6.07) is 14.1. The van der Waals surface area contributed by atoms with Crippen molar-refractivity contribution in [2.24, 2.45) is 5.10 Å². The highest BCUT2D eigenvalue weighted by atomic mass is 16.5. The van der Waals surface area contributed by atoms with Gasteiger partial charge in [0.15, 0.2) is 0 Å². The number of nitrogens with zero attached hydrogens (tertiary/aromatic N) is 1. The number of hydrogen-bond donors (Lipinski definition) is 2. The summed E-state index contributed by atoms with van der Waals surface area (Å²) >= 11 is 0. The van der Waals surface area contributed by atoms with E-state index in [1.54, 1.807) is 24.3 Å². The van der Waals surface area contributed by atoms with Gasteiger partial charge in [-0.3, -0.25) is 9.59 Å². The fourth-order valence-corrected chi connectivity index (χ4v) is 2.18. The van der Waals surface area contributed by atoms with E-state index in [1.807, 2.05) is 31.2 Å². The summed E-state index contributed by atoms with van der Waals surface area (Å²) in [6.07, 6.45) is 2.46. The lowest BCUT2D eigenvalue weighted by molar-refractivity contribution is -0.120. The van der Waals surface area contributed by atoms with Gasteiger partial charge in [-0.2, -0.15) is 5.10 Å². The van der Waals surface area contributed by atoms with Crippen LogP contribution in [0.2, 0.25) is 0 Å². The SMILES string of the molecule is CCCOc1ccc(C=NNC(=O)CNC(=O)c2ccccc2OC)cc1. The smallest absolute Gasteiger partial charge is 0.259 e. The Morgan fingerprint density at radius 2 is 1.85 bits per heavy atom. The van der Waals surface area contributed by atoms with Crippen LogP contribution in [0.3, 0.4) is 0 Å². The summed E-state index contributed by atoms with van der Waals surface area (Å²) in [5.74, 6) is 0.406. The second kappa shape index (κ2) is 10.6. The molecule has 0 aromatic heterocycles. The molecule has 0 unspecified atom stereocenters. The first-order chi connectivity index (χ1) is 13.1. The Bertz CT molecular complexity index is 788. The molecule has 0 bridgehead atoms. The Labute approximate surface area is 158 Å². The maximum absolute atomic E-state index is 12.1. The van der Waals surface area contributed by atoms with Gasteiger partial charge in [-0.15, -0.1) is 0 Å². The number of ether oxygens (including phenoxy) is 2. The van der Waals surface area contributed by atoms with Crippen LogP contribution in [-0.4, -0.2) is 38.3 Å². The molecule has 142 valence electrons. The topological polar surface area (TPSA) is 89.0 Å². The number of rotatable bonds is 9. The summed E-state index contributed by atoms with van der Waals surface area (Å²) in [4.78, 5) is 23.9. The fourth-order valence-electron chi connectivity index (χ4n) is 2.18. The number of para-hydroxylation sites is 1. The molecule has 0 radical (unpaired) electrons. The van der Waals surface area contributed by atoms with Crippen molar-refractivity contribution < 1.29 is 19.1 Å². The third-order valence-electron chi connectivity index (χ3n) is 3.52. The summed E-state index contributed by atoms with van der Waals surface area (Å²) in [7, 11) is 1.48. The molecule has 2 rings (SSSR count). The quantitative estimate of drug-likeness (QED) is 0.525. The maximum atomic E-state index is 12.1. The van der Waals surface area contributed by atoms with E-state index >= 15 is 0 Å². The molecule has 0 fully saturated rings. The lowest BCUT2D eigenvalue weighted by Gasteiger charge is -2.08. The number of amides is 2. The highest BCUT2D eigenvalue weighted by molar-refractivity contribution is 5.98. The maximum Gasteiger partial charge on any atom is 0.259 e. The van der Waals surface area contributed by atoms with E-state index in [0.717, 1.165) is 17.7 Å². The summed E-state index contributed by atoms with van der Waals surface area (Å²) in [5.41, 5.74) is 3.55. The molecule has 2 aromatic carbocycles. The molecule has 2 N–H and O–H groups in total. The standard InChI is InChI=1S/C20H23N3O4/c1-3-12-27-16-10-8-15(9-11-16)13-22-23-19(24)14-21-20(25)17-6-4-5-7-18(17)26-2/h4-11,13H,3,12,14H2,1-2H3,(H,21,25)(H,23,24). The Morgan fingerprint density at radius 3 is 2.56 bits per heavy atom. The van der Waals surface area contributed by atoms with E-state index < -0.39 is 11.8 Å². The number of hydrogen-bond acceptors (Lipinski definition) is 5. The molecule has 0 saturated carbocycles. The molecule has 27 heavy (non-hydrogen) atoms. The van der Waals surface area contributed by atoms with E-state index in [1.165, 1.54) is 13.3 Å². The summed E-state index contributed by atoms with van der Waals surface area (Å²) < 4.78 is 10.6. The van der Waals surface area contributed by atoms with Crippen LogP contribution in [0.4, 0.5) is 0 Å².